The second kappa shape index (κ2) is 7.19. The first kappa shape index (κ1) is 13.9. The summed E-state index contributed by atoms with van der Waals surface area (Å²) < 4.78 is 13.5. The Bertz CT molecular complexity index is 199. The molecule has 0 aliphatic heterocycles. The van der Waals surface area contributed by atoms with Gasteiger partial charge in [0, 0.05) is 7.11 Å². The van der Waals surface area contributed by atoms with E-state index in [2.05, 4.69) is 14.2 Å². The molecule has 0 radical (unpaired) electrons. The monoisotopic (exact) mass is 220 g/mol. The van der Waals surface area contributed by atoms with Gasteiger partial charge in [0.1, 0.15) is 0 Å². The van der Waals surface area contributed by atoms with Gasteiger partial charge in [0.2, 0.25) is 0 Å². The van der Waals surface area contributed by atoms with Crippen LogP contribution in [0.3, 0.4) is 0 Å². The van der Waals surface area contributed by atoms with Crippen LogP contribution in [0.25, 0.3) is 0 Å². The molecule has 1 atom stereocenters. The zero-order valence-corrected chi connectivity index (χ0v) is 9.06. The predicted octanol–water partition coefficient (Wildman–Crippen LogP) is -0.654. The lowest BCUT2D eigenvalue weighted by molar-refractivity contribution is -0.160. The second-order valence-electron chi connectivity index (χ2n) is 2.94. The van der Waals surface area contributed by atoms with E-state index in [0.717, 1.165) is 0 Å². The third kappa shape index (κ3) is 4.75. The molecule has 6 heteroatoms. The summed E-state index contributed by atoms with van der Waals surface area (Å²) in [5, 5.41) is 9.37. The van der Waals surface area contributed by atoms with Gasteiger partial charge in [0.05, 0.1) is 26.9 Å². The molecule has 1 N–H and O–H groups in total. The molecular formula is C9H16O6. The Balaban J connectivity index is 4.37. The van der Waals surface area contributed by atoms with Gasteiger partial charge in [-0.3, -0.25) is 9.59 Å². The first-order chi connectivity index (χ1) is 7.06. The molecule has 0 amide bonds. The number of rotatable bonds is 6. The van der Waals surface area contributed by atoms with Gasteiger partial charge in [-0.1, -0.05) is 0 Å². The summed E-state index contributed by atoms with van der Waals surface area (Å²) in [6.07, 6.45) is -0.981. The van der Waals surface area contributed by atoms with E-state index in [1.165, 1.54) is 21.3 Å². The lowest BCUT2D eigenvalue weighted by atomic mass is 10.0. The molecule has 0 heterocycles. The van der Waals surface area contributed by atoms with Crippen LogP contribution in [-0.2, 0) is 23.8 Å². The third-order valence-corrected chi connectivity index (χ3v) is 1.84. The molecule has 0 saturated carbocycles. The summed E-state index contributed by atoms with van der Waals surface area (Å²) in [6, 6.07) is 0. The Morgan fingerprint density at radius 1 is 1.13 bits per heavy atom. The fourth-order valence-electron chi connectivity index (χ4n) is 1.11. The smallest absolute Gasteiger partial charge is 0.320 e. The summed E-state index contributed by atoms with van der Waals surface area (Å²) in [6.45, 7) is 0.0461. The molecule has 0 rings (SSSR count). The van der Waals surface area contributed by atoms with Crippen LogP contribution in [0.4, 0.5) is 0 Å². The fourth-order valence-corrected chi connectivity index (χ4v) is 1.11. The molecule has 88 valence electrons. The zero-order chi connectivity index (χ0) is 11.8. The fraction of sp³-hybridized carbons (Fsp3) is 0.778. The molecule has 0 aromatic rings. The van der Waals surface area contributed by atoms with Crippen molar-refractivity contribution in [2.75, 3.05) is 27.9 Å². The maximum Gasteiger partial charge on any atom is 0.320 e. The highest BCUT2D eigenvalue weighted by molar-refractivity contribution is 5.94. The molecule has 0 spiro atoms. The number of esters is 2. The Kier molecular flexibility index (Phi) is 6.64. The van der Waals surface area contributed by atoms with E-state index in [4.69, 9.17) is 0 Å². The number of hydrogen-bond donors (Lipinski definition) is 1. The number of hydrogen-bond acceptors (Lipinski definition) is 6. The van der Waals surface area contributed by atoms with Crippen molar-refractivity contribution in [2.24, 2.45) is 5.92 Å². The Morgan fingerprint density at radius 3 is 1.93 bits per heavy atom. The first-order valence-corrected chi connectivity index (χ1v) is 4.39. The standard InChI is InChI=1S/C9H16O6/c1-13-5-6(10)4-7(8(11)14-2)9(12)15-3/h6-7,10H,4-5H2,1-3H3. The summed E-state index contributed by atoms with van der Waals surface area (Å²) in [7, 11) is 3.75. The third-order valence-electron chi connectivity index (χ3n) is 1.84. The minimum Gasteiger partial charge on any atom is -0.468 e. The van der Waals surface area contributed by atoms with Crippen LogP contribution in [0.2, 0.25) is 0 Å². The van der Waals surface area contributed by atoms with Gasteiger partial charge < -0.3 is 19.3 Å². The van der Waals surface area contributed by atoms with Crippen molar-refractivity contribution < 1.29 is 28.9 Å². The number of methoxy groups -OCH3 is 3. The molecule has 0 saturated heterocycles. The Labute approximate surface area is 88.1 Å². The normalized spacial score (nSPS) is 12.3. The minimum atomic E-state index is -1.11. The van der Waals surface area contributed by atoms with Crippen LogP contribution in [0.5, 0.6) is 0 Å². The zero-order valence-electron chi connectivity index (χ0n) is 9.06. The lowest BCUT2D eigenvalue weighted by Crippen LogP contribution is -2.31. The van der Waals surface area contributed by atoms with Crippen molar-refractivity contribution in [1.82, 2.24) is 0 Å². The van der Waals surface area contributed by atoms with Gasteiger partial charge in [-0.2, -0.15) is 0 Å². The van der Waals surface area contributed by atoms with Crippen LogP contribution in [0.15, 0.2) is 0 Å². The van der Waals surface area contributed by atoms with Crippen molar-refractivity contribution in [2.45, 2.75) is 12.5 Å². The van der Waals surface area contributed by atoms with Crippen LogP contribution in [-0.4, -0.2) is 51.1 Å². The van der Waals surface area contributed by atoms with Crippen molar-refractivity contribution in [3.05, 3.63) is 0 Å². The number of aliphatic hydroxyl groups is 1. The van der Waals surface area contributed by atoms with Crippen molar-refractivity contribution in [3.8, 4) is 0 Å². The maximum absolute atomic E-state index is 11.2. The average molecular weight is 220 g/mol. The van der Waals surface area contributed by atoms with Crippen LogP contribution >= 0.6 is 0 Å². The van der Waals surface area contributed by atoms with E-state index < -0.39 is 24.0 Å². The number of ether oxygens (including phenoxy) is 3. The lowest BCUT2D eigenvalue weighted by Gasteiger charge is -2.15. The first-order valence-electron chi connectivity index (χ1n) is 4.39. The van der Waals surface area contributed by atoms with Gasteiger partial charge >= 0.3 is 11.9 Å². The van der Waals surface area contributed by atoms with Crippen molar-refractivity contribution in [3.63, 3.8) is 0 Å². The van der Waals surface area contributed by atoms with E-state index in [-0.39, 0.29) is 13.0 Å². The number of aliphatic hydroxyl groups excluding tert-OH is 1. The largest absolute Gasteiger partial charge is 0.468 e. The average Bonchev–Trinajstić information content (AvgIpc) is 2.24. The molecule has 0 aromatic carbocycles. The van der Waals surface area contributed by atoms with Crippen LogP contribution in [0, 0.1) is 5.92 Å². The molecule has 0 aliphatic rings. The second-order valence-corrected chi connectivity index (χ2v) is 2.94. The van der Waals surface area contributed by atoms with Crippen molar-refractivity contribution >= 4 is 11.9 Å². The minimum absolute atomic E-state index is 0.0461. The maximum atomic E-state index is 11.2. The van der Waals surface area contributed by atoms with Crippen LogP contribution < -0.4 is 0 Å². The van der Waals surface area contributed by atoms with E-state index in [0.29, 0.717) is 0 Å². The van der Waals surface area contributed by atoms with Gasteiger partial charge in [-0.15, -0.1) is 0 Å². The highest BCUT2D eigenvalue weighted by atomic mass is 16.5. The van der Waals surface area contributed by atoms with Gasteiger partial charge in [-0.05, 0) is 6.42 Å². The number of carbonyl (C=O) groups is 2. The highest BCUT2D eigenvalue weighted by Crippen LogP contribution is 2.11. The van der Waals surface area contributed by atoms with Crippen LogP contribution in [0.1, 0.15) is 6.42 Å². The molecule has 0 bridgehead atoms. The van der Waals surface area contributed by atoms with E-state index in [1.807, 2.05) is 0 Å². The summed E-state index contributed by atoms with van der Waals surface area (Å²) in [5.41, 5.74) is 0. The Hall–Kier alpha value is -1.14. The summed E-state index contributed by atoms with van der Waals surface area (Å²) >= 11 is 0. The molecule has 0 aliphatic carbocycles. The topological polar surface area (TPSA) is 82.1 Å². The Morgan fingerprint density at radius 2 is 1.60 bits per heavy atom. The van der Waals surface area contributed by atoms with Crippen molar-refractivity contribution in [1.29, 1.82) is 0 Å². The molecule has 0 aromatic heterocycles. The SMILES string of the molecule is COCC(O)CC(C(=O)OC)C(=O)OC. The van der Waals surface area contributed by atoms with E-state index >= 15 is 0 Å². The molecule has 1 unspecified atom stereocenters. The summed E-state index contributed by atoms with van der Waals surface area (Å²) in [4.78, 5) is 22.4. The highest BCUT2D eigenvalue weighted by Gasteiger charge is 2.30. The molecule has 6 nitrogen and oxygen atoms in total. The quantitative estimate of drug-likeness (QED) is 0.473. The molecular weight excluding hydrogens is 204 g/mol. The number of carbonyl (C=O) groups excluding carboxylic acids is 2. The van der Waals surface area contributed by atoms with E-state index in [9.17, 15) is 14.7 Å². The molecule has 15 heavy (non-hydrogen) atoms. The summed E-state index contributed by atoms with van der Waals surface area (Å²) in [5.74, 6) is -2.56. The molecule has 0 fully saturated rings. The van der Waals surface area contributed by atoms with Gasteiger partial charge in [-0.25, -0.2) is 0 Å². The van der Waals surface area contributed by atoms with Gasteiger partial charge in [0.15, 0.2) is 5.92 Å². The van der Waals surface area contributed by atoms with E-state index in [1.54, 1.807) is 0 Å². The van der Waals surface area contributed by atoms with Gasteiger partial charge in [0.25, 0.3) is 0 Å². The predicted molar refractivity (Wildman–Crippen MR) is 50.0 cm³/mol.